The summed E-state index contributed by atoms with van der Waals surface area (Å²) >= 11 is 2.13. The molecule has 3 aliphatic rings. The first-order valence-corrected chi connectivity index (χ1v) is 28.9. The van der Waals surface area contributed by atoms with Crippen LogP contribution in [-0.4, -0.2) is 99.3 Å². The highest BCUT2D eigenvalue weighted by Crippen LogP contribution is 2.60. The van der Waals surface area contributed by atoms with Crippen LogP contribution in [0.5, 0.6) is 23.0 Å². The lowest BCUT2D eigenvalue weighted by molar-refractivity contribution is -0.152. The van der Waals surface area contributed by atoms with Crippen LogP contribution < -0.4 is 18.9 Å². The van der Waals surface area contributed by atoms with Crippen LogP contribution in [0.15, 0.2) is 99.6 Å². The SMILES string of the molecule is [C-]#[N+]/C(C#N)=C1\Sc2c(OC(=O)C3CCC(C(=O)Oc4ccc(CCOC(=O)CCC(=O)OCCOC(=O)C=C)cc4)CC3)cc(C)c(OC(=O)C3CCC(C(=O)Oc4ccc(CCOC(=O)CCC(=O)OCCOC(=O)C=C)cc4)CC3)c2S1. The van der Waals surface area contributed by atoms with Gasteiger partial charge in [0.1, 0.15) is 49.4 Å². The van der Waals surface area contributed by atoms with Crippen molar-refractivity contribution in [1.82, 2.24) is 0 Å². The summed E-state index contributed by atoms with van der Waals surface area (Å²) in [5.41, 5.74) is 1.89. The van der Waals surface area contributed by atoms with Crippen molar-refractivity contribution in [3.8, 4) is 29.1 Å². The second kappa shape index (κ2) is 33.5. The molecule has 2 saturated carbocycles. The maximum atomic E-state index is 13.8. The van der Waals surface area contributed by atoms with E-state index in [9.17, 15) is 53.2 Å². The first-order chi connectivity index (χ1) is 41.0. The van der Waals surface area contributed by atoms with Crippen molar-refractivity contribution in [2.24, 2.45) is 23.7 Å². The number of carbonyl (C=O) groups excluding carboxylic acids is 10. The molecular formula is C61H62N2O20S2. The molecule has 2 aliphatic carbocycles. The zero-order valence-corrected chi connectivity index (χ0v) is 48.2. The van der Waals surface area contributed by atoms with E-state index in [4.69, 9.17) is 53.9 Å². The van der Waals surface area contributed by atoms with Crippen LogP contribution in [-0.2, 0) is 89.2 Å². The van der Waals surface area contributed by atoms with Gasteiger partial charge < -0.3 is 47.4 Å². The topological polar surface area (TPSA) is 291 Å². The molecule has 448 valence electrons. The van der Waals surface area contributed by atoms with E-state index in [0.717, 1.165) is 46.8 Å². The highest BCUT2D eigenvalue weighted by molar-refractivity contribution is 8.24. The van der Waals surface area contributed by atoms with Gasteiger partial charge in [-0.2, -0.15) is 0 Å². The number of carbonyl (C=O) groups is 10. The minimum absolute atomic E-state index is 0.0519. The standard InChI is InChI=1S/C61H62N2O20S2/c1-5-48(64)76-31-33-78-52(68)25-23-50(66)74-29-27-38-7-19-44(20-8-38)80-57(70)40-11-15-42(16-12-40)59(72)82-47-35-37(3)54(56-55(47)84-61(85-56)46(36-62)63-4)83-60(73)43-17-13-41(14-18-43)58(71)81-45-21-9-39(10-22-45)28-30-75-51(67)24-26-53(69)79-34-32-77-49(65)6-2/h5-10,19-22,35,40-43H,1-2,11-18,23-34H2,3H3/b61-46+. The van der Waals surface area contributed by atoms with Crippen LogP contribution in [0.2, 0.25) is 0 Å². The number of thioether (sulfide) groups is 2. The minimum atomic E-state index is -0.644. The van der Waals surface area contributed by atoms with E-state index < -0.39 is 83.4 Å². The molecule has 1 aliphatic heterocycles. The summed E-state index contributed by atoms with van der Waals surface area (Å²) in [6.07, 6.45) is 4.74. The predicted octanol–water partition coefficient (Wildman–Crippen LogP) is 8.72. The van der Waals surface area contributed by atoms with E-state index in [0.29, 0.717) is 95.3 Å². The molecule has 3 aromatic carbocycles. The third-order valence-electron chi connectivity index (χ3n) is 13.5. The monoisotopic (exact) mass is 1210 g/mol. The second-order valence-electron chi connectivity index (χ2n) is 19.4. The van der Waals surface area contributed by atoms with Gasteiger partial charge in [0, 0.05) is 25.0 Å². The average molecular weight is 1210 g/mol. The number of nitriles is 1. The van der Waals surface area contributed by atoms with E-state index in [-0.39, 0.29) is 82.5 Å². The zero-order chi connectivity index (χ0) is 61.3. The number of hydrogen-bond acceptors (Lipinski definition) is 23. The molecule has 0 radical (unpaired) electrons. The number of rotatable bonds is 28. The summed E-state index contributed by atoms with van der Waals surface area (Å²) in [6.45, 7) is 15.3. The van der Waals surface area contributed by atoms with Crippen LogP contribution >= 0.6 is 23.5 Å². The van der Waals surface area contributed by atoms with Crippen molar-refractivity contribution in [3.63, 3.8) is 0 Å². The number of hydrogen-bond donors (Lipinski definition) is 0. The molecule has 0 amide bonds. The van der Waals surface area contributed by atoms with Crippen molar-refractivity contribution in [3.05, 3.63) is 118 Å². The Bertz CT molecular complexity index is 3090. The Labute approximate surface area is 498 Å². The molecule has 0 atom stereocenters. The summed E-state index contributed by atoms with van der Waals surface area (Å²) in [6, 6.07) is 16.9. The van der Waals surface area contributed by atoms with Gasteiger partial charge in [-0.1, -0.05) is 60.9 Å². The smallest absolute Gasteiger partial charge is 0.330 e. The number of aryl methyl sites for hydroxylation is 1. The molecule has 2 fully saturated rings. The van der Waals surface area contributed by atoms with Gasteiger partial charge in [-0.05, 0) is 105 Å². The molecule has 1 heterocycles. The molecule has 22 nitrogen and oxygen atoms in total. The molecule has 0 N–H and O–H groups in total. The van der Waals surface area contributed by atoms with Crippen molar-refractivity contribution in [1.29, 1.82) is 5.26 Å². The van der Waals surface area contributed by atoms with Crippen molar-refractivity contribution in [2.75, 3.05) is 39.6 Å². The zero-order valence-electron chi connectivity index (χ0n) is 46.6. The van der Waals surface area contributed by atoms with Gasteiger partial charge in [-0.15, -0.1) is 0 Å². The van der Waals surface area contributed by atoms with Gasteiger partial charge in [0.05, 0.1) is 89.2 Å². The molecule has 0 saturated heterocycles. The summed E-state index contributed by atoms with van der Waals surface area (Å²) < 4.78 is 53.4. The molecule has 3 aromatic rings. The summed E-state index contributed by atoms with van der Waals surface area (Å²) in [4.78, 5) is 128. The number of ether oxygens (including phenoxy) is 10. The van der Waals surface area contributed by atoms with Crippen LogP contribution in [0.4, 0.5) is 0 Å². The number of esters is 10. The Morgan fingerprint density at radius 3 is 1.26 bits per heavy atom. The van der Waals surface area contributed by atoms with E-state index in [1.165, 1.54) is 0 Å². The normalized spacial score (nSPS) is 17.3. The third kappa shape index (κ3) is 20.8. The highest BCUT2D eigenvalue weighted by atomic mass is 32.2. The lowest BCUT2D eigenvalue weighted by atomic mass is 9.82. The Morgan fingerprint density at radius 2 is 0.882 bits per heavy atom. The Morgan fingerprint density at radius 1 is 0.529 bits per heavy atom. The van der Waals surface area contributed by atoms with Gasteiger partial charge in [-0.3, -0.25) is 38.4 Å². The molecule has 0 unspecified atom stereocenters. The van der Waals surface area contributed by atoms with E-state index in [1.54, 1.807) is 61.5 Å². The summed E-state index contributed by atoms with van der Waals surface area (Å²) in [5, 5.41) is 9.75. The fourth-order valence-electron chi connectivity index (χ4n) is 8.86. The average Bonchev–Trinajstić information content (AvgIpc) is 2.48. The first-order valence-electron chi connectivity index (χ1n) is 27.3. The van der Waals surface area contributed by atoms with Crippen molar-refractivity contribution in [2.45, 2.75) is 107 Å². The number of benzene rings is 3. The minimum Gasteiger partial charge on any atom is -0.465 e. The molecule has 0 spiro atoms. The quantitative estimate of drug-likeness (QED) is 0.0125. The van der Waals surface area contributed by atoms with Gasteiger partial charge >= 0.3 is 59.7 Å². The molecule has 0 bridgehead atoms. The number of allylic oxidation sites excluding steroid dienone is 1. The number of nitrogens with zero attached hydrogens (tertiary/aromatic N) is 2. The summed E-state index contributed by atoms with van der Waals surface area (Å²) in [5.74, 6) is -6.72. The molecule has 0 aromatic heterocycles. The van der Waals surface area contributed by atoms with Crippen molar-refractivity contribution < 1.29 is 95.3 Å². The Hall–Kier alpha value is -8.74. The highest BCUT2D eigenvalue weighted by Gasteiger charge is 2.37. The Balaban J connectivity index is 0.916. The number of fused-ring (bicyclic) bond motifs is 1. The fraction of sp³-hybridized carbons (Fsp3) is 0.410. The molecular weight excluding hydrogens is 1140 g/mol. The molecule has 6 rings (SSSR count). The third-order valence-corrected chi connectivity index (χ3v) is 16.1. The van der Waals surface area contributed by atoms with Gasteiger partial charge in [0.2, 0.25) is 0 Å². The van der Waals surface area contributed by atoms with Gasteiger partial charge in [-0.25, -0.2) is 19.7 Å². The van der Waals surface area contributed by atoms with Crippen molar-refractivity contribution >= 4 is 83.2 Å². The first kappa shape index (κ1) is 65.4. The maximum Gasteiger partial charge on any atom is 0.330 e. The molecule has 85 heavy (non-hydrogen) atoms. The van der Waals surface area contributed by atoms with E-state index >= 15 is 0 Å². The lowest BCUT2D eigenvalue weighted by Crippen LogP contribution is -2.31. The lowest BCUT2D eigenvalue weighted by Gasteiger charge is -2.27. The fourth-order valence-corrected chi connectivity index (χ4v) is 11.4. The molecule has 24 heteroatoms. The van der Waals surface area contributed by atoms with Crippen LogP contribution in [0.1, 0.15) is 93.7 Å². The van der Waals surface area contributed by atoms with E-state index in [1.807, 2.05) is 6.07 Å². The van der Waals surface area contributed by atoms with Crippen LogP contribution in [0, 0.1) is 48.5 Å². The largest absolute Gasteiger partial charge is 0.465 e. The van der Waals surface area contributed by atoms with Gasteiger partial charge in [0.25, 0.3) is 5.70 Å². The maximum absolute atomic E-state index is 13.8. The van der Waals surface area contributed by atoms with Crippen LogP contribution in [0.25, 0.3) is 4.85 Å². The van der Waals surface area contributed by atoms with Gasteiger partial charge in [0.15, 0.2) is 0 Å². The second-order valence-corrected chi connectivity index (χ2v) is 21.7. The van der Waals surface area contributed by atoms with E-state index in [2.05, 4.69) is 18.0 Å². The predicted molar refractivity (Wildman–Crippen MR) is 300 cm³/mol. The summed E-state index contributed by atoms with van der Waals surface area (Å²) in [7, 11) is 0. The Kier molecular flexibility index (Phi) is 25.8. The van der Waals surface area contributed by atoms with Crippen LogP contribution in [0.3, 0.4) is 0 Å².